The molecule has 79 heavy (non-hydrogen) atoms. The summed E-state index contributed by atoms with van der Waals surface area (Å²) in [5, 5.41) is 32.9. The summed E-state index contributed by atoms with van der Waals surface area (Å²) in [6, 6.07) is 0. The molecule has 0 aromatic carbocycles. The van der Waals surface area contributed by atoms with Gasteiger partial charge in [0.15, 0.2) is 47.6 Å². The number of hydrogen-bond acceptors (Lipinski definition) is 33. The van der Waals surface area contributed by atoms with Crippen molar-refractivity contribution < 1.29 is 104 Å². The molecule has 39 nitrogen and oxygen atoms in total. The number of H-pyrrole nitrogens is 2. The average Bonchev–Trinajstić information content (AvgIpc) is 4.02. The Hall–Kier alpha value is -5.02. The third-order valence-corrected chi connectivity index (χ3v) is 17.1. The molecule has 10 unspecified atom stereocenters. The highest BCUT2D eigenvalue weighted by Gasteiger charge is 2.54. The van der Waals surface area contributed by atoms with Gasteiger partial charge in [0, 0.05) is 49.5 Å². The van der Waals surface area contributed by atoms with E-state index in [9.17, 15) is 62.7 Å². The number of nitrogens with two attached hydrogens (primary N) is 3. The van der Waals surface area contributed by atoms with Crippen LogP contribution in [0, 0.1) is 0 Å². The number of aromatic nitrogens is 6. The Morgan fingerprint density at radius 3 is 1.63 bits per heavy atom. The van der Waals surface area contributed by atoms with Crippen LogP contribution in [0.3, 0.4) is 0 Å². The molecule has 43 heteroatoms. The first-order valence-electron chi connectivity index (χ1n) is 22.4. The smallest absolute Gasteiger partial charge is 0.387 e. The van der Waals surface area contributed by atoms with Crippen molar-refractivity contribution in [2.24, 2.45) is 9.98 Å². The summed E-state index contributed by atoms with van der Waals surface area (Å²) in [7, 11) is -14.2. The second-order valence-electron chi connectivity index (χ2n) is 17.3. The van der Waals surface area contributed by atoms with E-state index in [1.54, 1.807) is 0 Å². The normalized spacial score (nSPS) is 29.0. The van der Waals surface area contributed by atoms with Crippen LogP contribution in [0.2, 0.25) is 0 Å². The van der Waals surface area contributed by atoms with Gasteiger partial charge in [0.1, 0.15) is 72.6 Å². The number of rotatable bonds is 26. The van der Waals surface area contributed by atoms with Gasteiger partial charge in [-0.25, -0.2) is 28.2 Å². The van der Waals surface area contributed by atoms with Crippen molar-refractivity contribution in [3.8, 4) is 0 Å². The number of hydrogen-bond donors (Lipinski definition) is 12. The summed E-state index contributed by atoms with van der Waals surface area (Å²) in [6.45, 7) is 3.46. The van der Waals surface area contributed by atoms with Crippen LogP contribution in [0.15, 0.2) is 25.9 Å². The Balaban J connectivity index is 1.14. The van der Waals surface area contributed by atoms with Crippen LogP contribution in [0.5, 0.6) is 0 Å². The fourth-order valence-electron chi connectivity index (χ4n) is 8.33. The minimum atomic E-state index is -6.20. The molecule has 0 saturated carbocycles. The Bertz CT molecular complexity index is 3020. The van der Waals surface area contributed by atoms with Gasteiger partial charge in [0.2, 0.25) is 11.9 Å². The Morgan fingerprint density at radius 1 is 0.608 bits per heavy atom. The lowest BCUT2D eigenvalue weighted by Crippen LogP contribution is -2.44. The number of likely N-dealkylation sites (N-methyl/N-ethyl adjacent to an activating group) is 3. The maximum atomic E-state index is 13.7. The van der Waals surface area contributed by atoms with Crippen LogP contribution in [0.1, 0.15) is 0 Å². The molecular formula is C36H59N15O24P4. The van der Waals surface area contributed by atoms with Gasteiger partial charge in [-0.15, -0.1) is 0 Å². The zero-order valence-electron chi connectivity index (χ0n) is 42.6. The highest BCUT2D eigenvalue weighted by molar-refractivity contribution is 7.66. The van der Waals surface area contributed by atoms with Gasteiger partial charge in [0.25, 0.3) is 11.1 Å². The van der Waals surface area contributed by atoms with Crippen molar-refractivity contribution >= 4 is 97.0 Å². The van der Waals surface area contributed by atoms with Gasteiger partial charge < -0.3 is 95.4 Å². The van der Waals surface area contributed by atoms with E-state index in [4.69, 9.17) is 59.0 Å². The largest absolute Gasteiger partial charge is 0.490 e. The van der Waals surface area contributed by atoms with E-state index in [0.717, 1.165) is 25.4 Å². The van der Waals surface area contributed by atoms with Gasteiger partial charge in [-0.2, -0.15) is 18.6 Å². The number of methoxy groups -OCH3 is 2. The molecule has 3 aliphatic heterocycles. The molecule has 0 amide bonds. The minimum absolute atomic E-state index is 0.00287. The molecule has 3 fully saturated rings. The number of phosphoric ester groups is 3. The quantitative estimate of drug-likeness (QED) is 0.0281. The lowest BCUT2D eigenvalue weighted by atomic mass is 10.1. The third-order valence-electron chi connectivity index (χ3n) is 11.9. The molecule has 0 spiro atoms. The van der Waals surface area contributed by atoms with Crippen molar-refractivity contribution in [3.63, 3.8) is 0 Å². The summed E-state index contributed by atoms with van der Waals surface area (Å²) >= 11 is 0. The van der Waals surface area contributed by atoms with Crippen LogP contribution in [0.4, 0.5) is 52.2 Å². The van der Waals surface area contributed by atoms with Gasteiger partial charge in [-0.1, -0.05) is 0 Å². The molecule has 3 aliphatic rings. The van der Waals surface area contributed by atoms with Crippen molar-refractivity contribution in [2.75, 3.05) is 106 Å². The average molecular weight is 1210 g/mol. The molecule has 16 atom stereocenters. The summed E-state index contributed by atoms with van der Waals surface area (Å²) < 4.78 is 110. The summed E-state index contributed by atoms with van der Waals surface area (Å²) in [5.74, 6) is -1.18. The molecule has 3 aromatic heterocycles. The topological polar surface area (TPSA) is 544 Å². The second kappa shape index (κ2) is 25.0. The Kier molecular flexibility index (Phi) is 20.0. The van der Waals surface area contributed by atoms with Gasteiger partial charge >= 0.3 is 31.3 Å². The summed E-state index contributed by atoms with van der Waals surface area (Å²) in [4.78, 5) is 101. The molecule has 6 heterocycles. The fraction of sp³-hybridized carbons (Fsp3) is 0.611. The first-order valence-corrected chi connectivity index (χ1v) is 28.4. The number of nitrogen functional groups attached to an aromatic ring is 3. The number of aliphatic hydroxyl groups is 3. The highest BCUT2D eigenvalue weighted by Crippen LogP contribution is 2.68. The van der Waals surface area contributed by atoms with Crippen molar-refractivity contribution in [3.05, 3.63) is 27.0 Å². The monoisotopic (exact) mass is 1210 g/mol. The van der Waals surface area contributed by atoms with Crippen LogP contribution >= 0.6 is 31.3 Å². The molecule has 442 valence electrons. The van der Waals surface area contributed by atoms with Gasteiger partial charge in [-0.3, -0.25) is 47.6 Å². The number of aliphatic hydroxyl groups excluding tert-OH is 3. The summed E-state index contributed by atoms with van der Waals surface area (Å²) in [5.41, 5.74) is 15.5. The lowest BCUT2D eigenvalue weighted by molar-refractivity contribution is -0.0414. The van der Waals surface area contributed by atoms with E-state index in [-0.39, 0.29) is 52.2 Å². The zero-order valence-corrected chi connectivity index (χ0v) is 46.2. The molecule has 0 bridgehead atoms. The van der Waals surface area contributed by atoms with E-state index in [1.165, 1.54) is 49.9 Å². The van der Waals surface area contributed by atoms with Crippen LogP contribution in [-0.4, -0.2) is 221 Å². The zero-order chi connectivity index (χ0) is 58.9. The molecule has 0 radical (unpaired) electrons. The highest BCUT2D eigenvalue weighted by atomic mass is 31.3. The fourth-order valence-corrected chi connectivity index (χ4v) is 12.8. The Labute approximate surface area is 446 Å². The van der Waals surface area contributed by atoms with Gasteiger partial charge in [0.05, 0.1) is 19.8 Å². The lowest BCUT2D eigenvalue weighted by Gasteiger charge is -2.30. The third kappa shape index (κ3) is 14.4. The molecule has 0 aliphatic carbocycles. The van der Waals surface area contributed by atoms with E-state index >= 15 is 0 Å². The standard InChI is InChI=1S/C36H59N15O24P4/c1-40-17-26(37)42-13-43-27(17)49(5)34-25(66-9)24(73-76(57,58)67-10-14-20(52)21(53)32(70-14)50(6)28-18(41-2)30(55)46-35(38)44-28)16(72-34)12-69-78(61,62)75-79(63,64)74-77(59,60)68-11-15-23(65-8)22(54)33(71-15)51(7)29-19(48(3)4)31(56)47-36(39)45-29/h13-16,20-25,32-34,52-54H,1-2,10-12H2,3-9H3,(H,57,58)(H,59,60)(H,61,62)(H,63,64)(H2,37,42,43)(H3,38,44,46,55)(H3,39,45,47,56)/t14-,15-,16-,20?,21?,22?,23?,24?,25?,32-,33-,34-/m1/s1. The van der Waals surface area contributed by atoms with E-state index in [0.29, 0.717) is 0 Å². The maximum absolute atomic E-state index is 13.7. The van der Waals surface area contributed by atoms with Crippen molar-refractivity contribution in [1.82, 2.24) is 29.9 Å². The number of nitrogens with one attached hydrogen (secondary N) is 2. The minimum Gasteiger partial charge on any atom is -0.387 e. The maximum Gasteiger partial charge on any atom is 0.490 e. The van der Waals surface area contributed by atoms with Crippen molar-refractivity contribution in [1.29, 1.82) is 0 Å². The molecular weight excluding hydrogens is 1150 g/mol. The summed E-state index contributed by atoms with van der Waals surface area (Å²) in [6.07, 6.45) is -18.3. The number of anilines is 7. The molecule has 6 rings (SSSR count). The molecule has 15 N–H and O–H groups in total. The Morgan fingerprint density at radius 2 is 1.08 bits per heavy atom. The molecule has 3 saturated heterocycles. The first-order chi connectivity index (χ1) is 36.8. The number of aliphatic imine (C=N–C) groups is 2. The number of aromatic amines is 2. The van der Waals surface area contributed by atoms with Crippen molar-refractivity contribution in [2.45, 2.75) is 73.6 Å². The van der Waals surface area contributed by atoms with E-state index in [2.05, 4.69) is 61.9 Å². The molecule has 3 aromatic rings. The van der Waals surface area contributed by atoms with Crippen LogP contribution in [-0.2, 0) is 68.7 Å². The number of nitrogens with zero attached hydrogens (tertiary/aromatic N) is 10. The SMILES string of the molecule is C=Nc1c(N)ncnc1N(C)[C@@H]1O[C@H](COP(=O)(O)OP(=O)(O)OP(=O)(O)OC[C@H]2O[C@@H](N(C)c3nc(N)[nH]c(=O)c3N(C)C)C(O)C2OC)C(OP(=O)(O)OC[C@H]2O[C@@H](N(C)c3nc(N)[nH]c(=O)c3N=C)C(O)C2O)C1OC. The van der Waals surface area contributed by atoms with E-state index in [1.807, 2.05) is 0 Å². The van der Waals surface area contributed by atoms with Crippen LogP contribution < -0.4 is 47.9 Å². The predicted molar refractivity (Wildman–Crippen MR) is 273 cm³/mol. The number of ether oxygens (including phenoxy) is 5. The second-order valence-corrected chi connectivity index (χ2v) is 23.3. The van der Waals surface area contributed by atoms with Crippen LogP contribution in [0.25, 0.3) is 0 Å². The van der Waals surface area contributed by atoms with E-state index < -0.39 is 136 Å². The first kappa shape index (κ1) is 63.2. The number of phosphoric acid groups is 4. The predicted octanol–water partition coefficient (Wildman–Crippen LogP) is -3.01. The van der Waals surface area contributed by atoms with Gasteiger partial charge in [-0.05, 0) is 13.4 Å².